The van der Waals surface area contributed by atoms with E-state index in [1.165, 1.54) is 5.56 Å². The molecule has 0 saturated heterocycles. The average molecular weight is 303 g/mol. The van der Waals surface area contributed by atoms with Gasteiger partial charge in [-0.2, -0.15) is 0 Å². The highest BCUT2D eigenvalue weighted by molar-refractivity contribution is 8.13. The van der Waals surface area contributed by atoms with E-state index in [2.05, 4.69) is 41.0 Å². The van der Waals surface area contributed by atoms with Gasteiger partial charge >= 0.3 is 0 Å². The molecule has 0 aliphatic rings. The number of nitrogens with zero attached hydrogens (tertiary/aromatic N) is 3. The number of aliphatic imine (C=N–C) groups is 1. The van der Waals surface area contributed by atoms with E-state index in [0.29, 0.717) is 0 Å². The number of hydrogen-bond acceptors (Lipinski definition) is 4. The van der Waals surface area contributed by atoms with Crippen molar-refractivity contribution in [3.63, 3.8) is 0 Å². The Bertz CT molecular complexity index is 636. The first-order valence-corrected chi connectivity index (χ1v) is 8.06. The molecule has 4 nitrogen and oxygen atoms in total. The highest BCUT2D eigenvalue weighted by Crippen LogP contribution is 2.26. The minimum atomic E-state index is 0.110. The fraction of sp³-hybridized carbons (Fsp3) is 0.375. The van der Waals surface area contributed by atoms with Gasteiger partial charge in [0.15, 0.2) is 10.9 Å². The van der Waals surface area contributed by atoms with Crippen LogP contribution < -0.4 is 0 Å². The second-order valence-electron chi connectivity index (χ2n) is 4.98. The Morgan fingerprint density at radius 1 is 1.38 bits per heavy atom. The van der Waals surface area contributed by atoms with Crippen molar-refractivity contribution in [2.75, 3.05) is 20.4 Å². The van der Waals surface area contributed by atoms with Gasteiger partial charge in [-0.1, -0.05) is 40.7 Å². The molecule has 0 fully saturated rings. The minimum absolute atomic E-state index is 0.110. The molecule has 0 unspecified atom stereocenters. The smallest absolute Gasteiger partial charge is 0.167 e. The van der Waals surface area contributed by atoms with Crippen molar-refractivity contribution in [1.82, 2.24) is 10.1 Å². The predicted octanol–water partition coefficient (Wildman–Crippen LogP) is 3.99. The van der Waals surface area contributed by atoms with Crippen LogP contribution >= 0.6 is 11.8 Å². The van der Waals surface area contributed by atoms with Gasteiger partial charge in [0.25, 0.3) is 0 Å². The molecule has 0 amide bonds. The third-order valence-electron chi connectivity index (χ3n) is 3.52. The molecule has 0 N–H and O–H groups in total. The van der Waals surface area contributed by atoms with Crippen LogP contribution in [0.1, 0.15) is 24.2 Å². The van der Waals surface area contributed by atoms with Gasteiger partial charge in [0.1, 0.15) is 5.69 Å². The standard InChI is InChI=1S/C16H21N3OS/c1-11-7-6-8-13(9-11)15-10-14(18-20-15)12(2)19(4)16(17-3)21-5/h6-10,12H,1-5H3/t12-/m0/s1. The topological polar surface area (TPSA) is 41.6 Å². The summed E-state index contributed by atoms with van der Waals surface area (Å²) in [4.78, 5) is 6.38. The summed E-state index contributed by atoms with van der Waals surface area (Å²) in [5.41, 5.74) is 3.17. The average Bonchev–Trinajstić information content (AvgIpc) is 2.97. The zero-order chi connectivity index (χ0) is 15.4. The van der Waals surface area contributed by atoms with Crippen molar-refractivity contribution in [1.29, 1.82) is 0 Å². The van der Waals surface area contributed by atoms with E-state index < -0.39 is 0 Å². The first kappa shape index (κ1) is 15.6. The number of thioether (sulfide) groups is 1. The Morgan fingerprint density at radius 3 is 2.76 bits per heavy atom. The van der Waals surface area contributed by atoms with Crippen LogP contribution in [0.15, 0.2) is 39.8 Å². The highest BCUT2D eigenvalue weighted by Gasteiger charge is 2.19. The van der Waals surface area contributed by atoms with Gasteiger partial charge in [-0.15, -0.1) is 0 Å². The highest BCUT2D eigenvalue weighted by atomic mass is 32.2. The number of hydrogen-bond donors (Lipinski definition) is 0. The van der Waals surface area contributed by atoms with Gasteiger partial charge in [-0.3, -0.25) is 4.99 Å². The van der Waals surface area contributed by atoms with Crippen LogP contribution in [0.25, 0.3) is 11.3 Å². The quantitative estimate of drug-likeness (QED) is 0.635. The zero-order valence-corrected chi connectivity index (χ0v) is 13.9. The lowest BCUT2D eigenvalue weighted by molar-refractivity contribution is 0.362. The molecule has 2 aromatic rings. The fourth-order valence-electron chi connectivity index (χ4n) is 2.18. The lowest BCUT2D eigenvalue weighted by Gasteiger charge is -2.25. The second kappa shape index (κ2) is 6.80. The molecule has 0 aliphatic heterocycles. The van der Waals surface area contributed by atoms with E-state index in [-0.39, 0.29) is 6.04 Å². The molecule has 0 bridgehead atoms. The van der Waals surface area contributed by atoms with Crippen molar-refractivity contribution in [2.24, 2.45) is 4.99 Å². The first-order chi connectivity index (χ1) is 10.1. The normalized spacial score (nSPS) is 13.3. The number of amidine groups is 1. The van der Waals surface area contributed by atoms with E-state index in [4.69, 9.17) is 4.52 Å². The first-order valence-electron chi connectivity index (χ1n) is 6.84. The van der Waals surface area contributed by atoms with Gasteiger partial charge < -0.3 is 9.42 Å². The molecular weight excluding hydrogens is 282 g/mol. The van der Waals surface area contributed by atoms with Gasteiger partial charge in [0.2, 0.25) is 0 Å². The molecule has 5 heteroatoms. The summed E-state index contributed by atoms with van der Waals surface area (Å²) in [7, 11) is 3.82. The van der Waals surface area contributed by atoms with Crippen LogP contribution in [0, 0.1) is 6.92 Å². The van der Waals surface area contributed by atoms with E-state index >= 15 is 0 Å². The zero-order valence-electron chi connectivity index (χ0n) is 13.1. The molecular formula is C16H21N3OS. The Hall–Kier alpha value is -1.75. The van der Waals surface area contributed by atoms with Crippen molar-refractivity contribution < 1.29 is 4.52 Å². The minimum Gasteiger partial charge on any atom is -0.356 e. The molecule has 21 heavy (non-hydrogen) atoms. The maximum Gasteiger partial charge on any atom is 0.167 e. The van der Waals surface area contributed by atoms with Crippen LogP contribution in [-0.4, -0.2) is 35.6 Å². The number of rotatable bonds is 3. The molecule has 2 rings (SSSR count). The Labute approximate surface area is 130 Å². The summed E-state index contributed by atoms with van der Waals surface area (Å²) >= 11 is 1.62. The third kappa shape index (κ3) is 3.47. The van der Waals surface area contributed by atoms with Crippen LogP contribution in [0.2, 0.25) is 0 Å². The van der Waals surface area contributed by atoms with E-state index in [1.807, 2.05) is 31.5 Å². The molecule has 1 aromatic carbocycles. The van der Waals surface area contributed by atoms with Gasteiger partial charge in [-0.25, -0.2) is 0 Å². The van der Waals surface area contributed by atoms with Gasteiger partial charge in [0.05, 0.1) is 6.04 Å². The number of aromatic nitrogens is 1. The lowest BCUT2D eigenvalue weighted by Crippen LogP contribution is -2.27. The lowest BCUT2D eigenvalue weighted by atomic mass is 10.1. The van der Waals surface area contributed by atoms with Crippen LogP contribution in [0.4, 0.5) is 0 Å². The van der Waals surface area contributed by atoms with Crippen LogP contribution in [0.3, 0.4) is 0 Å². The molecule has 1 atom stereocenters. The molecule has 0 spiro atoms. The molecule has 0 saturated carbocycles. The molecule has 0 radical (unpaired) electrons. The molecule has 1 heterocycles. The maximum atomic E-state index is 5.50. The van der Waals surface area contributed by atoms with Crippen molar-refractivity contribution in [3.8, 4) is 11.3 Å². The van der Waals surface area contributed by atoms with Gasteiger partial charge in [-0.05, 0) is 26.2 Å². The fourth-order valence-corrected chi connectivity index (χ4v) is 2.81. The Balaban J connectivity index is 2.23. The predicted molar refractivity (Wildman–Crippen MR) is 89.7 cm³/mol. The summed E-state index contributed by atoms with van der Waals surface area (Å²) < 4.78 is 5.50. The molecule has 112 valence electrons. The van der Waals surface area contributed by atoms with Gasteiger partial charge in [0, 0.05) is 25.7 Å². The number of benzene rings is 1. The third-order valence-corrected chi connectivity index (χ3v) is 4.35. The van der Waals surface area contributed by atoms with E-state index in [1.54, 1.807) is 18.8 Å². The Morgan fingerprint density at radius 2 is 2.14 bits per heavy atom. The molecule has 0 aliphatic carbocycles. The van der Waals surface area contributed by atoms with Crippen LogP contribution in [-0.2, 0) is 0 Å². The summed E-state index contributed by atoms with van der Waals surface area (Å²) in [5.74, 6) is 0.799. The largest absolute Gasteiger partial charge is 0.356 e. The van der Waals surface area contributed by atoms with Crippen molar-refractivity contribution >= 4 is 16.9 Å². The maximum absolute atomic E-state index is 5.50. The summed E-state index contributed by atoms with van der Waals surface area (Å²) in [6.45, 7) is 4.17. The SMILES string of the molecule is CN=C(SC)N(C)[C@@H](C)c1cc(-c2cccc(C)c2)on1. The Kier molecular flexibility index (Phi) is 5.07. The second-order valence-corrected chi connectivity index (χ2v) is 5.76. The summed E-state index contributed by atoms with van der Waals surface area (Å²) in [6.07, 6.45) is 2.02. The monoisotopic (exact) mass is 303 g/mol. The summed E-state index contributed by atoms with van der Waals surface area (Å²) in [6, 6.07) is 10.3. The van der Waals surface area contributed by atoms with E-state index in [0.717, 1.165) is 22.2 Å². The van der Waals surface area contributed by atoms with Crippen LogP contribution in [0.5, 0.6) is 0 Å². The van der Waals surface area contributed by atoms with E-state index in [9.17, 15) is 0 Å². The van der Waals surface area contributed by atoms with Crippen molar-refractivity contribution in [2.45, 2.75) is 19.9 Å². The molecule has 1 aromatic heterocycles. The number of aryl methyl sites for hydroxylation is 1. The summed E-state index contributed by atoms with van der Waals surface area (Å²) in [5, 5.41) is 5.19. The van der Waals surface area contributed by atoms with Crippen molar-refractivity contribution in [3.05, 3.63) is 41.6 Å².